The van der Waals surface area contributed by atoms with Crippen LogP contribution in [-0.4, -0.2) is 74.6 Å². The van der Waals surface area contributed by atoms with E-state index in [0.717, 1.165) is 32.7 Å². The van der Waals surface area contributed by atoms with Crippen molar-refractivity contribution in [2.45, 2.75) is 6.42 Å². The number of carbonyl (C=O) groups is 2. The molecule has 6 heteroatoms. The highest BCUT2D eigenvalue weighted by atomic mass is 16.5. The Bertz CT molecular complexity index is 421. The van der Waals surface area contributed by atoms with Gasteiger partial charge in [0.25, 0.3) is 5.91 Å². The highest BCUT2D eigenvalue weighted by Crippen LogP contribution is 2.15. The topological polar surface area (TPSA) is 61.9 Å². The van der Waals surface area contributed by atoms with Gasteiger partial charge in [-0.05, 0) is 12.3 Å². The second-order valence-electron chi connectivity index (χ2n) is 5.04. The zero-order valence-corrected chi connectivity index (χ0v) is 11.9. The van der Waals surface area contributed by atoms with Crippen molar-refractivity contribution in [1.29, 1.82) is 0 Å². The monoisotopic (exact) mass is 279 g/mol. The molecular weight excluding hydrogens is 258 g/mol. The number of nitrogens with one attached hydrogen (secondary N) is 1. The molecule has 2 saturated heterocycles. The summed E-state index contributed by atoms with van der Waals surface area (Å²) < 4.78 is 5.25. The van der Waals surface area contributed by atoms with Gasteiger partial charge in [-0.2, -0.15) is 0 Å². The van der Waals surface area contributed by atoms with E-state index in [1.165, 1.54) is 0 Å². The molecule has 0 aromatic heterocycles. The summed E-state index contributed by atoms with van der Waals surface area (Å²) in [6.07, 6.45) is 0.719. The third-order valence-corrected chi connectivity index (χ3v) is 3.69. The Labute approximate surface area is 119 Å². The van der Waals surface area contributed by atoms with Crippen molar-refractivity contribution in [3.8, 4) is 11.8 Å². The molecule has 2 amide bonds. The minimum Gasteiger partial charge on any atom is -0.379 e. The molecule has 0 aliphatic carbocycles. The number of hydrogen-bond donors (Lipinski definition) is 1. The molecule has 2 fully saturated rings. The van der Waals surface area contributed by atoms with E-state index in [1.54, 1.807) is 11.9 Å². The van der Waals surface area contributed by atoms with Crippen molar-refractivity contribution in [2.24, 2.45) is 5.92 Å². The van der Waals surface area contributed by atoms with Gasteiger partial charge in [-0.1, -0.05) is 5.92 Å². The molecular formula is C14H21N3O3. The SMILES string of the molecule is CNC(=O)C1CCN(C(=O)C#CCN2CCOCC2)C1. The molecule has 0 radical (unpaired) electrons. The summed E-state index contributed by atoms with van der Waals surface area (Å²) in [5.74, 6) is 5.32. The quantitative estimate of drug-likeness (QED) is 0.653. The maximum Gasteiger partial charge on any atom is 0.298 e. The van der Waals surface area contributed by atoms with Crippen LogP contribution in [0.4, 0.5) is 0 Å². The largest absolute Gasteiger partial charge is 0.379 e. The number of amides is 2. The highest BCUT2D eigenvalue weighted by Gasteiger charge is 2.29. The number of likely N-dealkylation sites (tertiary alicyclic amines) is 1. The van der Waals surface area contributed by atoms with Crippen LogP contribution in [-0.2, 0) is 14.3 Å². The predicted octanol–water partition coefficient (Wildman–Crippen LogP) is -1.08. The summed E-state index contributed by atoms with van der Waals surface area (Å²) in [4.78, 5) is 27.2. The lowest BCUT2D eigenvalue weighted by molar-refractivity contribution is -0.125. The van der Waals surface area contributed by atoms with Crippen molar-refractivity contribution >= 4 is 11.8 Å². The molecule has 1 atom stereocenters. The van der Waals surface area contributed by atoms with E-state index in [0.29, 0.717) is 19.6 Å². The van der Waals surface area contributed by atoms with E-state index < -0.39 is 0 Å². The second kappa shape index (κ2) is 7.27. The molecule has 1 unspecified atom stereocenters. The molecule has 0 aromatic carbocycles. The van der Waals surface area contributed by atoms with Gasteiger partial charge >= 0.3 is 0 Å². The zero-order chi connectivity index (χ0) is 14.4. The maximum absolute atomic E-state index is 11.9. The first-order chi connectivity index (χ1) is 9.70. The average Bonchev–Trinajstić information content (AvgIpc) is 2.97. The van der Waals surface area contributed by atoms with Crippen LogP contribution in [0.2, 0.25) is 0 Å². The van der Waals surface area contributed by atoms with Crippen molar-refractivity contribution in [3.05, 3.63) is 0 Å². The first kappa shape index (κ1) is 14.8. The lowest BCUT2D eigenvalue weighted by Gasteiger charge is -2.24. The Morgan fingerprint density at radius 2 is 2.05 bits per heavy atom. The highest BCUT2D eigenvalue weighted by molar-refractivity contribution is 5.94. The predicted molar refractivity (Wildman–Crippen MR) is 73.8 cm³/mol. The molecule has 0 bridgehead atoms. The fraction of sp³-hybridized carbons (Fsp3) is 0.714. The van der Waals surface area contributed by atoms with Crippen molar-refractivity contribution in [1.82, 2.24) is 15.1 Å². The molecule has 0 saturated carbocycles. The van der Waals surface area contributed by atoms with E-state index in [4.69, 9.17) is 4.74 Å². The summed E-state index contributed by atoms with van der Waals surface area (Å²) in [5.41, 5.74) is 0. The molecule has 20 heavy (non-hydrogen) atoms. The Kier molecular flexibility index (Phi) is 5.39. The van der Waals surface area contributed by atoms with Gasteiger partial charge in [0.15, 0.2) is 0 Å². The number of hydrogen-bond acceptors (Lipinski definition) is 4. The maximum atomic E-state index is 11.9. The zero-order valence-electron chi connectivity index (χ0n) is 11.9. The molecule has 6 nitrogen and oxygen atoms in total. The molecule has 2 rings (SSSR count). The summed E-state index contributed by atoms with van der Waals surface area (Å²) in [6.45, 7) is 4.89. The molecule has 110 valence electrons. The number of ether oxygens (including phenoxy) is 1. The number of carbonyl (C=O) groups excluding carboxylic acids is 2. The fourth-order valence-corrected chi connectivity index (χ4v) is 2.43. The smallest absolute Gasteiger partial charge is 0.298 e. The third-order valence-electron chi connectivity index (χ3n) is 3.69. The van der Waals surface area contributed by atoms with Crippen LogP contribution in [0.1, 0.15) is 6.42 Å². The van der Waals surface area contributed by atoms with E-state index in [-0.39, 0.29) is 17.7 Å². The Morgan fingerprint density at radius 3 is 2.75 bits per heavy atom. The van der Waals surface area contributed by atoms with Gasteiger partial charge in [0.2, 0.25) is 5.91 Å². The molecule has 0 spiro atoms. The average molecular weight is 279 g/mol. The lowest BCUT2D eigenvalue weighted by Crippen LogP contribution is -2.36. The standard InChI is InChI=1S/C14H21N3O3/c1-15-14(19)12-4-6-17(11-12)13(18)3-2-5-16-7-9-20-10-8-16/h12H,4-11H2,1H3,(H,15,19). The lowest BCUT2D eigenvalue weighted by atomic mass is 10.1. The van der Waals surface area contributed by atoms with Crippen LogP contribution >= 0.6 is 0 Å². The number of nitrogens with zero attached hydrogens (tertiary/aromatic N) is 2. The Balaban J connectivity index is 1.76. The van der Waals surface area contributed by atoms with Crippen molar-refractivity contribution < 1.29 is 14.3 Å². The molecule has 2 heterocycles. The minimum atomic E-state index is -0.176. The van der Waals surface area contributed by atoms with E-state index in [9.17, 15) is 9.59 Å². The van der Waals surface area contributed by atoms with E-state index in [1.807, 2.05) is 0 Å². The first-order valence-corrected chi connectivity index (χ1v) is 7.00. The van der Waals surface area contributed by atoms with Crippen LogP contribution < -0.4 is 5.32 Å². The van der Waals surface area contributed by atoms with Crippen molar-refractivity contribution in [3.63, 3.8) is 0 Å². The molecule has 2 aliphatic rings. The first-order valence-electron chi connectivity index (χ1n) is 7.00. The van der Waals surface area contributed by atoms with Gasteiger partial charge in [-0.15, -0.1) is 0 Å². The molecule has 2 aliphatic heterocycles. The normalized spacial score (nSPS) is 23.1. The Morgan fingerprint density at radius 1 is 1.30 bits per heavy atom. The second-order valence-corrected chi connectivity index (χ2v) is 5.04. The Hall–Kier alpha value is -1.58. The van der Waals surface area contributed by atoms with Gasteiger partial charge in [0, 0.05) is 33.2 Å². The van der Waals surface area contributed by atoms with Crippen LogP contribution in [0, 0.1) is 17.8 Å². The summed E-state index contributed by atoms with van der Waals surface area (Å²) >= 11 is 0. The third kappa shape index (κ3) is 3.95. The van der Waals surface area contributed by atoms with Crippen LogP contribution in [0.5, 0.6) is 0 Å². The van der Waals surface area contributed by atoms with Gasteiger partial charge in [0.1, 0.15) is 0 Å². The van der Waals surface area contributed by atoms with Gasteiger partial charge in [-0.25, -0.2) is 0 Å². The van der Waals surface area contributed by atoms with E-state index in [2.05, 4.69) is 22.1 Å². The summed E-state index contributed by atoms with van der Waals surface area (Å²) in [7, 11) is 1.62. The minimum absolute atomic E-state index is 0.00146. The number of morpholine rings is 1. The van der Waals surface area contributed by atoms with Crippen LogP contribution in [0.25, 0.3) is 0 Å². The van der Waals surface area contributed by atoms with Gasteiger partial charge < -0.3 is 15.0 Å². The summed E-state index contributed by atoms with van der Waals surface area (Å²) in [5, 5.41) is 2.62. The number of rotatable bonds is 2. The van der Waals surface area contributed by atoms with Crippen molar-refractivity contribution in [2.75, 3.05) is 53.0 Å². The summed E-state index contributed by atoms with van der Waals surface area (Å²) in [6, 6.07) is 0. The van der Waals surface area contributed by atoms with Crippen LogP contribution in [0.15, 0.2) is 0 Å². The van der Waals surface area contributed by atoms with Gasteiger partial charge in [0.05, 0.1) is 25.7 Å². The van der Waals surface area contributed by atoms with E-state index >= 15 is 0 Å². The molecule has 0 aromatic rings. The van der Waals surface area contributed by atoms with Gasteiger partial charge in [-0.3, -0.25) is 14.5 Å². The fourth-order valence-electron chi connectivity index (χ4n) is 2.43. The van der Waals surface area contributed by atoms with Crippen LogP contribution in [0.3, 0.4) is 0 Å². The molecule has 1 N–H and O–H groups in total.